The van der Waals surface area contributed by atoms with E-state index in [9.17, 15) is 4.39 Å². The molecular formula is C17H25BrFNO. The second-order valence-corrected chi connectivity index (χ2v) is 6.78. The van der Waals surface area contributed by atoms with Crippen LogP contribution in [-0.2, 0) is 11.2 Å². The van der Waals surface area contributed by atoms with Crippen molar-refractivity contribution in [1.82, 2.24) is 5.32 Å². The maximum atomic E-state index is 13.3. The quantitative estimate of drug-likeness (QED) is 0.777. The molecule has 1 saturated carbocycles. The molecule has 1 fully saturated rings. The van der Waals surface area contributed by atoms with Gasteiger partial charge in [0.15, 0.2) is 0 Å². The zero-order chi connectivity index (χ0) is 15.3. The van der Waals surface area contributed by atoms with Crippen LogP contribution in [0.2, 0.25) is 0 Å². The highest BCUT2D eigenvalue weighted by atomic mass is 79.9. The maximum absolute atomic E-state index is 13.3. The third kappa shape index (κ3) is 4.05. The molecule has 4 heteroatoms. The van der Waals surface area contributed by atoms with E-state index in [-0.39, 0.29) is 17.5 Å². The average Bonchev–Trinajstić information content (AvgIpc) is 2.95. The summed E-state index contributed by atoms with van der Waals surface area (Å²) in [7, 11) is 1.83. The number of rotatable bonds is 7. The van der Waals surface area contributed by atoms with Crippen LogP contribution in [0.5, 0.6) is 0 Å². The smallest absolute Gasteiger partial charge is 0.124 e. The largest absolute Gasteiger partial charge is 0.377 e. The molecule has 1 aromatic rings. The molecular weight excluding hydrogens is 333 g/mol. The highest BCUT2D eigenvalue weighted by Gasteiger charge is 2.41. The molecule has 2 rings (SSSR count). The normalized spacial score (nSPS) is 18.9. The molecule has 1 unspecified atom stereocenters. The Labute approximate surface area is 135 Å². The van der Waals surface area contributed by atoms with Crippen molar-refractivity contribution in [2.24, 2.45) is 0 Å². The Balaban J connectivity index is 2.19. The van der Waals surface area contributed by atoms with Crippen molar-refractivity contribution in [2.45, 2.75) is 57.1 Å². The summed E-state index contributed by atoms with van der Waals surface area (Å²) in [6, 6.07) is 5.22. The van der Waals surface area contributed by atoms with Gasteiger partial charge in [0.2, 0.25) is 0 Å². The molecule has 0 saturated heterocycles. The predicted octanol–water partition coefficient (Wildman–Crippen LogP) is 4.46. The van der Waals surface area contributed by atoms with E-state index in [2.05, 4.69) is 28.2 Å². The Kier molecular flexibility index (Phi) is 6.20. The van der Waals surface area contributed by atoms with E-state index in [1.165, 1.54) is 18.9 Å². The fraction of sp³-hybridized carbons (Fsp3) is 0.647. The van der Waals surface area contributed by atoms with Gasteiger partial charge in [-0.3, -0.25) is 0 Å². The Morgan fingerprint density at radius 2 is 2.10 bits per heavy atom. The van der Waals surface area contributed by atoms with Crippen LogP contribution in [0.25, 0.3) is 0 Å². The number of hydrogen-bond acceptors (Lipinski definition) is 2. The Morgan fingerprint density at radius 1 is 1.38 bits per heavy atom. The first-order valence-corrected chi connectivity index (χ1v) is 8.63. The summed E-state index contributed by atoms with van der Waals surface area (Å²) >= 11 is 3.48. The van der Waals surface area contributed by atoms with Crippen LogP contribution in [-0.4, -0.2) is 25.3 Å². The van der Waals surface area contributed by atoms with Crippen LogP contribution in [0.15, 0.2) is 22.7 Å². The van der Waals surface area contributed by atoms with Crippen LogP contribution < -0.4 is 5.32 Å². The molecule has 1 atom stereocenters. The van der Waals surface area contributed by atoms with Gasteiger partial charge in [0.05, 0.1) is 5.60 Å². The zero-order valence-electron chi connectivity index (χ0n) is 12.9. The van der Waals surface area contributed by atoms with Crippen molar-refractivity contribution in [2.75, 3.05) is 13.7 Å². The number of hydrogen-bond donors (Lipinski definition) is 1. The molecule has 1 aromatic carbocycles. The van der Waals surface area contributed by atoms with Gasteiger partial charge in [-0.1, -0.05) is 41.8 Å². The third-order valence-electron chi connectivity index (χ3n) is 4.57. The van der Waals surface area contributed by atoms with Gasteiger partial charge in [0.1, 0.15) is 5.82 Å². The minimum atomic E-state index is -0.203. The molecule has 0 spiro atoms. The van der Waals surface area contributed by atoms with Gasteiger partial charge >= 0.3 is 0 Å². The summed E-state index contributed by atoms with van der Waals surface area (Å²) in [5.41, 5.74) is 1.05. The molecule has 1 N–H and O–H groups in total. The monoisotopic (exact) mass is 357 g/mol. The zero-order valence-corrected chi connectivity index (χ0v) is 14.5. The molecule has 0 heterocycles. The first kappa shape index (κ1) is 16.9. The molecule has 0 aromatic heterocycles. The van der Waals surface area contributed by atoms with Crippen molar-refractivity contribution in [1.29, 1.82) is 0 Å². The minimum Gasteiger partial charge on any atom is -0.377 e. The first-order valence-electron chi connectivity index (χ1n) is 7.84. The summed E-state index contributed by atoms with van der Waals surface area (Å²) < 4.78 is 20.0. The minimum absolute atomic E-state index is 0.0804. The fourth-order valence-corrected chi connectivity index (χ4v) is 3.85. The van der Waals surface area contributed by atoms with Gasteiger partial charge in [-0.15, -0.1) is 0 Å². The molecule has 0 radical (unpaired) electrons. The Bertz CT molecular complexity index is 460. The van der Waals surface area contributed by atoms with Gasteiger partial charge < -0.3 is 10.1 Å². The SMILES string of the molecule is CCCNC(Cc1ccc(F)cc1Br)C1(OC)CCCC1. The highest BCUT2D eigenvalue weighted by molar-refractivity contribution is 9.10. The lowest BCUT2D eigenvalue weighted by atomic mass is 9.87. The summed E-state index contributed by atoms with van der Waals surface area (Å²) in [4.78, 5) is 0. The molecule has 21 heavy (non-hydrogen) atoms. The number of benzene rings is 1. The number of ether oxygens (including phenoxy) is 1. The summed E-state index contributed by atoms with van der Waals surface area (Å²) in [5, 5.41) is 3.65. The number of methoxy groups -OCH3 is 1. The molecule has 1 aliphatic carbocycles. The molecule has 0 amide bonds. The number of nitrogens with one attached hydrogen (secondary N) is 1. The molecule has 0 aliphatic heterocycles. The molecule has 2 nitrogen and oxygen atoms in total. The van der Waals surface area contributed by atoms with Gasteiger partial charge in [-0.25, -0.2) is 4.39 Å². The van der Waals surface area contributed by atoms with Crippen LogP contribution in [0.1, 0.15) is 44.6 Å². The second kappa shape index (κ2) is 7.70. The van der Waals surface area contributed by atoms with Crippen molar-refractivity contribution < 1.29 is 9.13 Å². The lowest BCUT2D eigenvalue weighted by Crippen LogP contribution is -2.52. The van der Waals surface area contributed by atoms with Crippen molar-refractivity contribution in [3.8, 4) is 0 Å². The van der Waals surface area contributed by atoms with Crippen molar-refractivity contribution in [3.05, 3.63) is 34.1 Å². The predicted molar refractivity (Wildman–Crippen MR) is 88.1 cm³/mol. The Morgan fingerprint density at radius 3 is 2.67 bits per heavy atom. The van der Waals surface area contributed by atoms with Crippen molar-refractivity contribution >= 4 is 15.9 Å². The summed E-state index contributed by atoms with van der Waals surface area (Å²) in [6.45, 7) is 3.15. The molecule has 1 aliphatic rings. The van der Waals surface area contributed by atoms with Crippen LogP contribution >= 0.6 is 15.9 Å². The van der Waals surface area contributed by atoms with Gasteiger partial charge in [-0.2, -0.15) is 0 Å². The lowest BCUT2D eigenvalue weighted by molar-refractivity contribution is -0.0355. The second-order valence-electron chi connectivity index (χ2n) is 5.92. The summed E-state index contributed by atoms with van der Waals surface area (Å²) in [5.74, 6) is -0.203. The summed E-state index contributed by atoms with van der Waals surface area (Å²) in [6.07, 6.45) is 6.61. The molecule has 118 valence electrons. The first-order chi connectivity index (χ1) is 10.1. The van der Waals surface area contributed by atoms with Gasteiger partial charge in [-0.05, 0) is 49.9 Å². The standard InChI is InChI=1S/C17H25BrFNO/c1-3-10-20-16(17(21-2)8-4-5-9-17)11-13-6-7-14(19)12-15(13)18/h6-7,12,16,20H,3-5,8-11H2,1-2H3. The highest BCUT2D eigenvalue weighted by Crippen LogP contribution is 2.37. The lowest BCUT2D eigenvalue weighted by Gasteiger charge is -2.37. The maximum Gasteiger partial charge on any atom is 0.124 e. The molecule has 0 bridgehead atoms. The average molecular weight is 358 g/mol. The van der Waals surface area contributed by atoms with E-state index in [0.29, 0.717) is 0 Å². The van der Waals surface area contributed by atoms with Gasteiger partial charge in [0.25, 0.3) is 0 Å². The van der Waals surface area contributed by atoms with Crippen molar-refractivity contribution in [3.63, 3.8) is 0 Å². The number of halogens is 2. The third-order valence-corrected chi connectivity index (χ3v) is 5.31. The van der Waals surface area contributed by atoms with E-state index >= 15 is 0 Å². The van der Waals surface area contributed by atoms with E-state index < -0.39 is 0 Å². The van der Waals surface area contributed by atoms with E-state index in [0.717, 1.165) is 42.3 Å². The van der Waals surface area contributed by atoms with Crippen LogP contribution in [0.4, 0.5) is 4.39 Å². The van der Waals surface area contributed by atoms with E-state index in [1.807, 2.05) is 13.2 Å². The topological polar surface area (TPSA) is 21.3 Å². The van der Waals surface area contributed by atoms with E-state index in [1.54, 1.807) is 6.07 Å². The fourth-order valence-electron chi connectivity index (χ4n) is 3.34. The Hall–Kier alpha value is -0.450. The van der Waals surface area contributed by atoms with Gasteiger partial charge in [0, 0.05) is 17.6 Å². The van der Waals surface area contributed by atoms with Crippen LogP contribution in [0.3, 0.4) is 0 Å². The van der Waals surface area contributed by atoms with Crippen LogP contribution in [0, 0.1) is 5.82 Å². The van der Waals surface area contributed by atoms with E-state index in [4.69, 9.17) is 4.74 Å².